The number of esters is 1. The lowest BCUT2D eigenvalue weighted by atomic mass is 9.88. The molecular formula is C20H21F3N2O3S. The van der Waals surface area contributed by atoms with Crippen molar-refractivity contribution >= 4 is 34.0 Å². The Balaban J connectivity index is 1.82. The number of amides is 2. The summed E-state index contributed by atoms with van der Waals surface area (Å²) in [6.07, 6.45) is -2.04. The minimum atomic E-state index is -4.51. The van der Waals surface area contributed by atoms with Crippen LogP contribution in [0.15, 0.2) is 24.3 Å². The summed E-state index contributed by atoms with van der Waals surface area (Å²) in [5.41, 5.74) is 0.381. The molecule has 0 radical (unpaired) electrons. The minimum Gasteiger partial charge on any atom is -0.462 e. The fraction of sp³-hybridized carbons (Fsp3) is 0.400. The van der Waals surface area contributed by atoms with E-state index >= 15 is 0 Å². The van der Waals surface area contributed by atoms with Crippen LogP contribution in [0.4, 0.5) is 28.7 Å². The van der Waals surface area contributed by atoms with Crippen molar-refractivity contribution in [1.82, 2.24) is 0 Å². The molecule has 0 fully saturated rings. The van der Waals surface area contributed by atoms with Crippen LogP contribution in [0.25, 0.3) is 0 Å². The van der Waals surface area contributed by atoms with Gasteiger partial charge in [-0.1, -0.05) is 13.0 Å². The normalized spacial score (nSPS) is 16.1. The molecule has 1 heterocycles. The molecule has 9 heteroatoms. The number of carbonyl (C=O) groups is 2. The third kappa shape index (κ3) is 4.90. The number of halogens is 3. The van der Waals surface area contributed by atoms with Gasteiger partial charge < -0.3 is 10.1 Å². The standard InChI is InChI=1S/C20H21F3N2O3S/c1-3-28-18(26)16-14-8-7-11(2)9-15(14)29-17(16)25-19(27)24-13-6-4-5-12(10-13)20(21,22)23/h4-6,10-11H,3,7-9H2,1-2H3,(H2,24,25,27). The number of carbonyl (C=O) groups excluding carboxylic acids is 2. The van der Waals surface area contributed by atoms with Gasteiger partial charge in [-0.3, -0.25) is 5.32 Å². The highest BCUT2D eigenvalue weighted by Crippen LogP contribution is 2.40. The molecule has 2 amide bonds. The molecule has 0 aliphatic heterocycles. The molecule has 2 N–H and O–H groups in total. The van der Waals surface area contributed by atoms with Crippen LogP contribution in [-0.2, 0) is 23.8 Å². The first-order valence-corrected chi connectivity index (χ1v) is 10.1. The third-order valence-electron chi connectivity index (χ3n) is 4.67. The van der Waals surface area contributed by atoms with Gasteiger partial charge in [-0.05, 0) is 55.9 Å². The number of fused-ring (bicyclic) bond motifs is 1. The summed E-state index contributed by atoms with van der Waals surface area (Å²) in [5, 5.41) is 5.36. The van der Waals surface area contributed by atoms with Crippen molar-refractivity contribution in [2.75, 3.05) is 17.2 Å². The number of benzene rings is 1. The third-order valence-corrected chi connectivity index (χ3v) is 5.84. The van der Waals surface area contributed by atoms with Gasteiger partial charge in [0, 0.05) is 10.6 Å². The summed E-state index contributed by atoms with van der Waals surface area (Å²) in [6.45, 7) is 4.03. The van der Waals surface area contributed by atoms with Gasteiger partial charge in [0.15, 0.2) is 0 Å². The second-order valence-corrected chi connectivity index (χ2v) is 8.04. The van der Waals surface area contributed by atoms with E-state index in [9.17, 15) is 22.8 Å². The molecule has 156 valence electrons. The van der Waals surface area contributed by atoms with Gasteiger partial charge in [0.05, 0.1) is 17.7 Å². The van der Waals surface area contributed by atoms with E-state index in [-0.39, 0.29) is 12.3 Å². The SMILES string of the molecule is CCOC(=O)c1c(NC(=O)Nc2cccc(C(F)(F)F)c2)sc2c1CCC(C)C2. The Morgan fingerprint density at radius 1 is 1.28 bits per heavy atom. The van der Waals surface area contributed by atoms with Crippen LogP contribution in [0.3, 0.4) is 0 Å². The number of rotatable bonds is 4. The minimum absolute atomic E-state index is 0.00458. The molecule has 1 unspecified atom stereocenters. The Bertz CT molecular complexity index is 924. The molecule has 3 rings (SSSR count). The largest absolute Gasteiger partial charge is 0.462 e. The average Bonchev–Trinajstić information content (AvgIpc) is 2.98. The molecule has 1 aliphatic rings. The van der Waals surface area contributed by atoms with Crippen molar-refractivity contribution in [2.45, 2.75) is 39.3 Å². The van der Waals surface area contributed by atoms with Crippen molar-refractivity contribution in [2.24, 2.45) is 5.92 Å². The number of nitrogens with one attached hydrogen (secondary N) is 2. The summed E-state index contributed by atoms with van der Waals surface area (Å²) in [4.78, 5) is 25.9. The lowest BCUT2D eigenvalue weighted by molar-refractivity contribution is -0.137. The number of alkyl halides is 3. The average molecular weight is 426 g/mol. The Morgan fingerprint density at radius 3 is 2.72 bits per heavy atom. The molecule has 2 aromatic rings. The molecule has 1 aliphatic carbocycles. The Hall–Kier alpha value is -2.55. The fourth-order valence-corrected chi connectivity index (χ4v) is 4.69. The lowest BCUT2D eigenvalue weighted by Crippen LogP contribution is -2.21. The topological polar surface area (TPSA) is 67.4 Å². The molecule has 1 atom stereocenters. The van der Waals surface area contributed by atoms with Crippen molar-refractivity contribution in [3.05, 3.63) is 45.8 Å². The van der Waals surface area contributed by atoms with Crippen LogP contribution in [0.5, 0.6) is 0 Å². The maximum Gasteiger partial charge on any atom is 0.416 e. The molecule has 0 saturated heterocycles. The van der Waals surface area contributed by atoms with Crippen LogP contribution in [0, 0.1) is 5.92 Å². The van der Waals surface area contributed by atoms with E-state index in [2.05, 4.69) is 17.6 Å². The molecule has 29 heavy (non-hydrogen) atoms. The maximum atomic E-state index is 12.9. The van der Waals surface area contributed by atoms with Crippen LogP contribution in [-0.4, -0.2) is 18.6 Å². The van der Waals surface area contributed by atoms with E-state index in [0.29, 0.717) is 16.5 Å². The molecule has 0 spiro atoms. The Kier molecular flexibility index (Phi) is 6.16. The smallest absolute Gasteiger partial charge is 0.416 e. The first kappa shape index (κ1) is 21.2. The van der Waals surface area contributed by atoms with Gasteiger partial charge >= 0.3 is 18.2 Å². The van der Waals surface area contributed by atoms with Gasteiger partial charge in [0.1, 0.15) is 5.00 Å². The molecule has 5 nitrogen and oxygen atoms in total. The molecule has 1 aromatic heterocycles. The number of thiophene rings is 1. The zero-order valence-electron chi connectivity index (χ0n) is 16.0. The summed E-state index contributed by atoms with van der Waals surface area (Å²) < 4.78 is 43.7. The van der Waals surface area contributed by atoms with Crippen LogP contribution in [0.1, 0.15) is 46.6 Å². The van der Waals surface area contributed by atoms with E-state index in [0.717, 1.165) is 41.8 Å². The summed E-state index contributed by atoms with van der Waals surface area (Å²) in [5.74, 6) is -0.0306. The zero-order chi connectivity index (χ0) is 21.2. The second kappa shape index (κ2) is 8.44. The highest BCUT2D eigenvalue weighted by Gasteiger charge is 2.31. The number of urea groups is 1. The van der Waals surface area contributed by atoms with E-state index in [4.69, 9.17) is 4.74 Å². The van der Waals surface area contributed by atoms with Crippen LogP contribution < -0.4 is 10.6 Å². The summed E-state index contributed by atoms with van der Waals surface area (Å²) in [6, 6.07) is 3.64. The fourth-order valence-electron chi connectivity index (χ4n) is 3.30. The lowest BCUT2D eigenvalue weighted by Gasteiger charge is -2.18. The van der Waals surface area contributed by atoms with Gasteiger partial charge in [-0.25, -0.2) is 9.59 Å². The number of ether oxygens (including phenoxy) is 1. The van der Waals surface area contributed by atoms with Crippen molar-refractivity contribution < 1.29 is 27.5 Å². The Morgan fingerprint density at radius 2 is 2.03 bits per heavy atom. The molecule has 1 aromatic carbocycles. The predicted molar refractivity (Wildman–Crippen MR) is 106 cm³/mol. The Labute approximate surface area is 170 Å². The van der Waals surface area contributed by atoms with E-state index in [1.807, 2.05) is 0 Å². The quantitative estimate of drug-likeness (QED) is 0.615. The zero-order valence-corrected chi connectivity index (χ0v) is 16.8. The van der Waals surface area contributed by atoms with E-state index < -0.39 is 23.7 Å². The highest BCUT2D eigenvalue weighted by atomic mass is 32.1. The predicted octanol–water partition coefficient (Wildman–Crippen LogP) is 5.71. The number of hydrogen-bond donors (Lipinski definition) is 2. The van der Waals surface area contributed by atoms with Crippen molar-refractivity contribution in [3.63, 3.8) is 0 Å². The molecular weight excluding hydrogens is 405 g/mol. The van der Waals surface area contributed by atoms with Gasteiger partial charge in [-0.15, -0.1) is 11.3 Å². The summed E-state index contributed by atoms with van der Waals surface area (Å²) in [7, 11) is 0. The van der Waals surface area contributed by atoms with Crippen molar-refractivity contribution in [3.8, 4) is 0 Å². The van der Waals surface area contributed by atoms with Gasteiger partial charge in [0.25, 0.3) is 0 Å². The first-order valence-electron chi connectivity index (χ1n) is 9.26. The highest BCUT2D eigenvalue weighted by molar-refractivity contribution is 7.17. The van der Waals surface area contributed by atoms with Gasteiger partial charge in [0.2, 0.25) is 0 Å². The van der Waals surface area contributed by atoms with Crippen LogP contribution in [0.2, 0.25) is 0 Å². The van der Waals surface area contributed by atoms with Crippen LogP contribution >= 0.6 is 11.3 Å². The van der Waals surface area contributed by atoms with E-state index in [1.165, 1.54) is 23.5 Å². The second-order valence-electron chi connectivity index (χ2n) is 6.93. The summed E-state index contributed by atoms with van der Waals surface area (Å²) >= 11 is 1.31. The maximum absolute atomic E-state index is 12.9. The monoisotopic (exact) mass is 426 g/mol. The molecule has 0 bridgehead atoms. The first-order chi connectivity index (χ1) is 13.7. The van der Waals surface area contributed by atoms with E-state index in [1.54, 1.807) is 6.92 Å². The van der Waals surface area contributed by atoms with Gasteiger partial charge in [-0.2, -0.15) is 13.2 Å². The molecule has 0 saturated carbocycles. The number of hydrogen-bond acceptors (Lipinski definition) is 4. The number of anilines is 2. The van der Waals surface area contributed by atoms with Crippen molar-refractivity contribution in [1.29, 1.82) is 0 Å².